The van der Waals surface area contributed by atoms with Crippen molar-refractivity contribution in [1.82, 2.24) is 0 Å². The van der Waals surface area contributed by atoms with E-state index in [1.807, 2.05) is 0 Å². The first-order chi connectivity index (χ1) is 5.45. The van der Waals surface area contributed by atoms with E-state index in [0.29, 0.717) is 0 Å². The van der Waals surface area contributed by atoms with Gasteiger partial charge < -0.3 is 0 Å². The fraction of sp³-hybridized carbons (Fsp3) is 0.200. The topological polar surface area (TPSA) is 0 Å². The molecule has 0 atom stereocenters. The fourth-order valence-electron chi connectivity index (χ4n) is 1.38. The van der Waals surface area contributed by atoms with Gasteiger partial charge in [0.1, 0.15) is 0 Å². The van der Waals surface area contributed by atoms with Crippen molar-refractivity contribution in [3.05, 3.63) is 43.1 Å². The molecule has 0 fully saturated rings. The second-order valence-electron chi connectivity index (χ2n) is 2.89. The van der Waals surface area contributed by atoms with Gasteiger partial charge in [-0.2, -0.15) is 0 Å². The Bertz CT molecular complexity index is 239. The first-order valence-electron chi connectivity index (χ1n) is 4.01. The Morgan fingerprint density at radius 1 is 0.909 bits per heavy atom. The predicted molar refractivity (Wildman–Crippen MR) is 49.4 cm³/mol. The van der Waals surface area contributed by atoms with Gasteiger partial charge in [0.15, 0.2) is 0 Å². The van der Waals surface area contributed by atoms with Crippen molar-refractivity contribution in [1.29, 1.82) is 0 Å². The Morgan fingerprint density at radius 2 is 1.45 bits per heavy atom. The molecule has 1 heteroatoms. The molecule has 0 aromatic rings. The normalized spacial score (nSPS) is 20.4. The van der Waals surface area contributed by atoms with Gasteiger partial charge in [-0.25, -0.2) is 0 Å². The summed E-state index contributed by atoms with van der Waals surface area (Å²) in [5, 5.41) is 0. The third kappa shape index (κ3) is 1.90. The minimum absolute atomic E-state index is 0.487. The van der Waals surface area contributed by atoms with Crippen molar-refractivity contribution in [3.8, 4) is 0 Å². The molecule has 0 aliphatic heterocycles. The molecule has 0 unspecified atom stereocenters. The molecule has 0 bridgehead atoms. The predicted octanol–water partition coefficient (Wildman–Crippen LogP) is 2.38. The van der Waals surface area contributed by atoms with Crippen LogP contribution in [0.1, 0.15) is 12.8 Å². The van der Waals surface area contributed by atoms with Crippen molar-refractivity contribution in [2.45, 2.75) is 12.8 Å². The van der Waals surface area contributed by atoms with Gasteiger partial charge in [-0.1, -0.05) is 0 Å². The van der Waals surface area contributed by atoms with Crippen LogP contribution in [-0.4, -0.2) is 22.9 Å². The summed E-state index contributed by atoms with van der Waals surface area (Å²) >= 11 is -0.487. The summed E-state index contributed by atoms with van der Waals surface area (Å²) in [6.45, 7) is 0. The number of hydrogen-bond acceptors (Lipinski definition) is 0. The Morgan fingerprint density at radius 3 is 1.82 bits per heavy atom. The van der Waals surface area contributed by atoms with E-state index in [2.05, 4.69) is 36.5 Å². The zero-order chi connectivity index (χ0) is 7.52. The standard InChI is InChI=1S/2C5H5.In/c2*1-2-4-5-3-1;/h2*1-3H,4H2;. The zero-order valence-electron chi connectivity index (χ0n) is 6.46. The van der Waals surface area contributed by atoms with E-state index < -0.39 is 22.9 Å². The van der Waals surface area contributed by atoms with E-state index >= 15 is 0 Å². The first kappa shape index (κ1) is 7.48. The first-order valence-corrected chi connectivity index (χ1v) is 7.31. The van der Waals surface area contributed by atoms with Crippen LogP contribution >= 0.6 is 0 Å². The van der Waals surface area contributed by atoms with Crippen molar-refractivity contribution in [3.63, 3.8) is 0 Å². The van der Waals surface area contributed by atoms with Gasteiger partial charge in [-0.3, -0.25) is 0 Å². The molecule has 2 rings (SSSR count). The van der Waals surface area contributed by atoms with Gasteiger partial charge in [0.05, 0.1) is 0 Å². The number of allylic oxidation sites excluding steroid dienone is 8. The molecule has 0 aromatic carbocycles. The van der Waals surface area contributed by atoms with Crippen LogP contribution in [0, 0.1) is 0 Å². The second kappa shape index (κ2) is 3.49. The van der Waals surface area contributed by atoms with Gasteiger partial charge in [-0.15, -0.1) is 0 Å². The molecule has 0 N–H and O–H groups in total. The van der Waals surface area contributed by atoms with Gasteiger partial charge in [0.25, 0.3) is 0 Å². The third-order valence-electron chi connectivity index (χ3n) is 1.97. The summed E-state index contributed by atoms with van der Waals surface area (Å²) in [4.78, 5) is 0. The molecule has 0 saturated carbocycles. The maximum absolute atomic E-state index is 2.32. The van der Waals surface area contributed by atoms with Gasteiger partial charge in [0, 0.05) is 0 Å². The Labute approximate surface area is 78.7 Å². The van der Waals surface area contributed by atoms with Crippen LogP contribution in [0.3, 0.4) is 0 Å². The summed E-state index contributed by atoms with van der Waals surface area (Å²) in [6, 6.07) is 0. The molecule has 1 radical (unpaired) electrons. The van der Waals surface area contributed by atoms with Crippen LogP contribution < -0.4 is 0 Å². The van der Waals surface area contributed by atoms with Crippen molar-refractivity contribution < 1.29 is 0 Å². The zero-order valence-corrected chi connectivity index (χ0v) is 9.75. The maximum atomic E-state index is 2.32. The molecule has 0 heterocycles. The molecule has 53 valence electrons. The van der Waals surface area contributed by atoms with Gasteiger partial charge in [0.2, 0.25) is 0 Å². The summed E-state index contributed by atoms with van der Waals surface area (Å²) in [7, 11) is 0. The molecule has 11 heavy (non-hydrogen) atoms. The van der Waals surface area contributed by atoms with E-state index in [-0.39, 0.29) is 0 Å². The Kier molecular flexibility index (Phi) is 2.37. The van der Waals surface area contributed by atoms with Crippen LogP contribution in [0.2, 0.25) is 0 Å². The fourth-order valence-corrected chi connectivity index (χ4v) is 5.37. The quantitative estimate of drug-likeness (QED) is 0.700. The molecule has 0 amide bonds. The molecule has 0 nitrogen and oxygen atoms in total. The minimum atomic E-state index is -0.487. The van der Waals surface area contributed by atoms with E-state index in [9.17, 15) is 0 Å². The summed E-state index contributed by atoms with van der Waals surface area (Å²) in [5.41, 5.74) is 0. The van der Waals surface area contributed by atoms with E-state index in [1.54, 1.807) is 6.66 Å². The monoisotopic (exact) mass is 245 g/mol. The average Bonchev–Trinajstić information content (AvgIpc) is 2.60. The van der Waals surface area contributed by atoms with Crippen LogP contribution in [0.15, 0.2) is 43.1 Å². The summed E-state index contributed by atoms with van der Waals surface area (Å²) in [5.74, 6) is 0. The number of rotatable bonds is 2. The molecular weight excluding hydrogens is 235 g/mol. The van der Waals surface area contributed by atoms with Crippen LogP contribution in [-0.2, 0) is 0 Å². The Balaban J connectivity index is 1.91. The van der Waals surface area contributed by atoms with Crippen LogP contribution in [0.5, 0.6) is 0 Å². The summed E-state index contributed by atoms with van der Waals surface area (Å²) in [6.07, 6.45) is 16.1. The third-order valence-corrected chi connectivity index (χ3v) is 6.53. The van der Waals surface area contributed by atoms with E-state index in [0.717, 1.165) is 0 Å². The SMILES string of the molecule is C1=CC[C]([In][C]2=CC=CC2)=C1. The Hall–Kier alpha value is -0.170. The molecular formula is C10H10In. The van der Waals surface area contributed by atoms with Crippen molar-refractivity contribution in [2.24, 2.45) is 0 Å². The summed E-state index contributed by atoms with van der Waals surface area (Å²) < 4.78 is 3.49. The second-order valence-corrected chi connectivity index (χ2v) is 7.95. The molecule has 0 saturated heterocycles. The average molecular weight is 245 g/mol. The molecule has 0 spiro atoms. The molecule has 0 aromatic heterocycles. The van der Waals surface area contributed by atoms with E-state index in [4.69, 9.17) is 0 Å². The van der Waals surface area contributed by atoms with Crippen molar-refractivity contribution >= 4 is 22.9 Å². The van der Waals surface area contributed by atoms with Crippen molar-refractivity contribution in [2.75, 3.05) is 0 Å². The van der Waals surface area contributed by atoms with Gasteiger partial charge in [-0.05, 0) is 0 Å². The molecule has 2 aliphatic carbocycles. The number of hydrogen-bond donors (Lipinski definition) is 0. The van der Waals surface area contributed by atoms with Crippen LogP contribution in [0.25, 0.3) is 0 Å². The van der Waals surface area contributed by atoms with Gasteiger partial charge >= 0.3 is 78.9 Å². The van der Waals surface area contributed by atoms with Crippen LogP contribution in [0.4, 0.5) is 0 Å². The van der Waals surface area contributed by atoms with E-state index in [1.165, 1.54) is 12.8 Å². The molecule has 2 aliphatic rings.